The lowest BCUT2D eigenvalue weighted by atomic mass is 10.2. The molecule has 0 saturated carbocycles. The predicted molar refractivity (Wildman–Crippen MR) is 50.3 cm³/mol. The van der Waals surface area contributed by atoms with E-state index in [1.165, 1.54) is 0 Å². The fraction of sp³-hybridized carbons (Fsp3) is 0.714. The van der Waals surface area contributed by atoms with E-state index in [-0.39, 0.29) is 24.9 Å². The Hall–Kier alpha value is -0.810. The number of halogens is 1. The monoisotopic (exact) mass is 210 g/mol. The highest BCUT2D eigenvalue weighted by atomic mass is 35.5. The molecule has 5 nitrogen and oxygen atoms in total. The second-order valence-electron chi connectivity index (χ2n) is 2.76. The van der Waals surface area contributed by atoms with Crippen LogP contribution in [0.25, 0.3) is 0 Å². The molecule has 0 radical (unpaired) electrons. The third kappa shape index (κ3) is 7.55. The topological polar surface area (TPSA) is 95.4 Å². The minimum atomic E-state index is -0.940. The van der Waals surface area contributed by atoms with Crippen LogP contribution in [0.3, 0.4) is 0 Å². The SMILES string of the molecule is CC(C)OC(=O)[C@@H](N)CC(N)=O.Cl. The largest absolute Gasteiger partial charge is 0.462 e. The van der Waals surface area contributed by atoms with Gasteiger partial charge < -0.3 is 16.2 Å². The van der Waals surface area contributed by atoms with E-state index >= 15 is 0 Å². The van der Waals surface area contributed by atoms with Crippen LogP contribution in [0.4, 0.5) is 0 Å². The lowest BCUT2D eigenvalue weighted by Crippen LogP contribution is -2.37. The second kappa shape index (κ2) is 6.68. The summed E-state index contributed by atoms with van der Waals surface area (Å²) in [5, 5.41) is 0. The summed E-state index contributed by atoms with van der Waals surface area (Å²) >= 11 is 0. The molecule has 0 aliphatic carbocycles. The summed E-state index contributed by atoms with van der Waals surface area (Å²) in [5.41, 5.74) is 10.1. The molecule has 4 N–H and O–H groups in total. The number of amides is 1. The molecule has 0 heterocycles. The molecule has 13 heavy (non-hydrogen) atoms. The van der Waals surface area contributed by atoms with E-state index in [0.29, 0.717) is 0 Å². The van der Waals surface area contributed by atoms with Gasteiger partial charge in [0.25, 0.3) is 0 Å². The molecule has 1 atom stereocenters. The van der Waals surface area contributed by atoms with Crippen LogP contribution in [0, 0.1) is 0 Å². The van der Waals surface area contributed by atoms with Crippen LogP contribution in [-0.4, -0.2) is 24.0 Å². The van der Waals surface area contributed by atoms with Gasteiger partial charge in [0.2, 0.25) is 5.91 Å². The molecule has 0 aromatic carbocycles. The zero-order valence-electron chi connectivity index (χ0n) is 7.65. The highest BCUT2D eigenvalue weighted by Crippen LogP contribution is 1.95. The normalized spacial score (nSPS) is 11.7. The maximum atomic E-state index is 10.9. The van der Waals surface area contributed by atoms with Crippen LogP contribution >= 0.6 is 12.4 Å². The van der Waals surface area contributed by atoms with Crippen LogP contribution in [-0.2, 0) is 14.3 Å². The highest BCUT2D eigenvalue weighted by molar-refractivity contribution is 5.85. The summed E-state index contributed by atoms with van der Waals surface area (Å²) in [6, 6.07) is -0.940. The number of hydrogen-bond donors (Lipinski definition) is 2. The predicted octanol–water partition coefficient (Wildman–Crippen LogP) is -0.437. The Morgan fingerprint density at radius 1 is 1.38 bits per heavy atom. The number of esters is 1. The van der Waals surface area contributed by atoms with Gasteiger partial charge in [0.05, 0.1) is 12.5 Å². The van der Waals surface area contributed by atoms with Crippen molar-refractivity contribution in [3.05, 3.63) is 0 Å². The number of rotatable bonds is 4. The number of nitrogens with two attached hydrogens (primary N) is 2. The van der Waals surface area contributed by atoms with Crippen molar-refractivity contribution >= 4 is 24.3 Å². The van der Waals surface area contributed by atoms with Gasteiger partial charge in [-0.1, -0.05) is 0 Å². The molecule has 0 unspecified atom stereocenters. The van der Waals surface area contributed by atoms with Gasteiger partial charge in [0.1, 0.15) is 6.04 Å². The molecule has 6 heteroatoms. The van der Waals surface area contributed by atoms with Crippen molar-refractivity contribution in [3.8, 4) is 0 Å². The van der Waals surface area contributed by atoms with Crippen LogP contribution in [0.1, 0.15) is 20.3 Å². The summed E-state index contributed by atoms with van der Waals surface area (Å²) in [6.45, 7) is 3.41. The zero-order valence-corrected chi connectivity index (χ0v) is 8.47. The van der Waals surface area contributed by atoms with Crippen LogP contribution in [0.2, 0.25) is 0 Å². The molecule has 0 bridgehead atoms. The minimum Gasteiger partial charge on any atom is -0.462 e. The average molecular weight is 211 g/mol. The van der Waals surface area contributed by atoms with Crippen LogP contribution in [0.5, 0.6) is 0 Å². The maximum absolute atomic E-state index is 10.9. The summed E-state index contributed by atoms with van der Waals surface area (Å²) in [7, 11) is 0. The van der Waals surface area contributed by atoms with E-state index in [0.717, 1.165) is 0 Å². The van der Waals surface area contributed by atoms with E-state index in [1.807, 2.05) is 0 Å². The number of carbonyl (C=O) groups excluding carboxylic acids is 2. The number of hydrogen-bond acceptors (Lipinski definition) is 4. The van der Waals surface area contributed by atoms with Crippen molar-refractivity contribution in [3.63, 3.8) is 0 Å². The molecule has 0 aromatic rings. The Kier molecular flexibility index (Phi) is 7.55. The van der Waals surface area contributed by atoms with E-state index < -0.39 is 17.9 Å². The maximum Gasteiger partial charge on any atom is 0.323 e. The van der Waals surface area contributed by atoms with E-state index in [1.54, 1.807) is 13.8 Å². The van der Waals surface area contributed by atoms with Gasteiger partial charge in [0.15, 0.2) is 0 Å². The summed E-state index contributed by atoms with van der Waals surface area (Å²) in [5.74, 6) is -1.20. The highest BCUT2D eigenvalue weighted by Gasteiger charge is 2.18. The molecule has 0 aliphatic rings. The Morgan fingerprint density at radius 2 is 1.85 bits per heavy atom. The molecule has 0 aromatic heterocycles. The lowest BCUT2D eigenvalue weighted by molar-refractivity contribution is -0.150. The Balaban J connectivity index is 0. The molecule has 1 amide bonds. The molecular weight excluding hydrogens is 196 g/mol. The molecular formula is C7H15ClN2O3. The zero-order chi connectivity index (χ0) is 9.72. The Morgan fingerprint density at radius 3 is 2.15 bits per heavy atom. The fourth-order valence-electron chi connectivity index (χ4n) is 0.620. The second-order valence-corrected chi connectivity index (χ2v) is 2.76. The van der Waals surface area contributed by atoms with Crippen molar-refractivity contribution < 1.29 is 14.3 Å². The number of carbonyl (C=O) groups is 2. The van der Waals surface area contributed by atoms with Gasteiger partial charge in [-0.2, -0.15) is 0 Å². The molecule has 0 fully saturated rings. The first-order chi connectivity index (χ1) is 5.43. The van der Waals surface area contributed by atoms with Gasteiger partial charge in [0, 0.05) is 0 Å². The molecule has 78 valence electrons. The molecule has 0 aliphatic heterocycles. The Labute approximate surface area is 83.2 Å². The van der Waals surface area contributed by atoms with Crippen molar-refractivity contribution in [1.29, 1.82) is 0 Å². The van der Waals surface area contributed by atoms with Crippen molar-refractivity contribution in [2.45, 2.75) is 32.4 Å². The summed E-state index contributed by atoms with van der Waals surface area (Å²) < 4.78 is 4.74. The van der Waals surface area contributed by atoms with Gasteiger partial charge in [-0.15, -0.1) is 12.4 Å². The minimum absolute atomic E-state index is 0. The standard InChI is InChI=1S/C7H14N2O3.ClH/c1-4(2)12-7(11)5(8)3-6(9)10;/h4-5H,3,8H2,1-2H3,(H2,9,10);1H/t5-;/m0./s1. The first-order valence-electron chi connectivity index (χ1n) is 3.68. The van der Waals surface area contributed by atoms with Gasteiger partial charge in [-0.25, -0.2) is 0 Å². The molecule has 0 saturated heterocycles. The Bertz CT molecular complexity index is 185. The van der Waals surface area contributed by atoms with Gasteiger partial charge in [-0.05, 0) is 13.8 Å². The number of ether oxygens (including phenoxy) is 1. The summed E-state index contributed by atoms with van der Waals surface area (Å²) in [4.78, 5) is 21.3. The lowest BCUT2D eigenvalue weighted by Gasteiger charge is -2.11. The molecule has 0 rings (SSSR count). The first kappa shape index (κ1) is 14.7. The third-order valence-electron chi connectivity index (χ3n) is 1.08. The molecule has 0 spiro atoms. The van der Waals surface area contributed by atoms with Gasteiger partial charge in [-0.3, -0.25) is 9.59 Å². The van der Waals surface area contributed by atoms with E-state index in [4.69, 9.17) is 16.2 Å². The summed E-state index contributed by atoms with van der Waals surface area (Å²) in [6.07, 6.45) is -0.401. The third-order valence-corrected chi connectivity index (χ3v) is 1.08. The van der Waals surface area contributed by atoms with Crippen molar-refractivity contribution in [2.75, 3.05) is 0 Å². The van der Waals surface area contributed by atoms with E-state index in [9.17, 15) is 9.59 Å². The van der Waals surface area contributed by atoms with Crippen LogP contribution in [0.15, 0.2) is 0 Å². The van der Waals surface area contributed by atoms with Crippen molar-refractivity contribution in [1.82, 2.24) is 0 Å². The average Bonchev–Trinajstić information content (AvgIpc) is 1.84. The smallest absolute Gasteiger partial charge is 0.323 e. The van der Waals surface area contributed by atoms with Crippen molar-refractivity contribution in [2.24, 2.45) is 11.5 Å². The van der Waals surface area contributed by atoms with Gasteiger partial charge >= 0.3 is 5.97 Å². The fourth-order valence-corrected chi connectivity index (χ4v) is 0.620. The van der Waals surface area contributed by atoms with E-state index in [2.05, 4.69) is 0 Å². The quantitative estimate of drug-likeness (QED) is 0.615. The van der Waals surface area contributed by atoms with Crippen LogP contribution < -0.4 is 11.5 Å². The number of primary amides is 1. The first-order valence-corrected chi connectivity index (χ1v) is 3.68.